The van der Waals surface area contributed by atoms with Gasteiger partial charge in [0.2, 0.25) is 11.9 Å². The van der Waals surface area contributed by atoms with Gasteiger partial charge in [-0.25, -0.2) is 4.98 Å². The first-order valence-corrected chi connectivity index (χ1v) is 6.44. The molecule has 0 saturated heterocycles. The molecule has 0 bridgehead atoms. The van der Waals surface area contributed by atoms with Gasteiger partial charge in [-0.1, -0.05) is 12.8 Å². The van der Waals surface area contributed by atoms with Crippen molar-refractivity contribution in [3.05, 3.63) is 18.7 Å². The third-order valence-electron chi connectivity index (χ3n) is 3.28. The fourth-order valence-electron chi connectivity index (χ4n) is 2.29. The van der Waals surface area contributed by atoms with Gasteiger partial charge in [-0.15, -0.1) is 0 Å². The zero-order valence-corrected chi connectivity index (χ0v) is 10.6. The predicted molar refractivity (Wildman–Crippen MR) is 68.8 cm³/mol. The van der Waals surface area contributed by atoms with Crippen LogP contribution in [-0.2, 0) is 0 Å². The van der Waals surface area contributed by atoms with Crippen molar-refractivity contribution in [3.8, 4) is 12.0 Å². The molecule has 0 aliphatic heterocycles. The van der Waals surface area contributed by atoms with Crippen molar-refractivity contribution in [1.29, 1.82) is 0 Å². The van der Waals surface area contributed by atoms with Gasteiger partial charge in [-0.3, -0.25) is 4.57 Å². The van der Waals surface area contributed by atoms with Crippen molar-refractivity contribution in [2.24, 2.45) is 5.92 Å². The smallest absolute Gasteiger partial charge is 0.323 e. The Balaban J connectivity index is 1.74. The molecular formula is C12H16N6O. The number of ether oxygens (including phenoxy) is 1. The molecule has 100 valence electrons. The molecule has 2 N–H and O–H groups in total. The maximum Gasteiger partial charge on any atom is 0.323 e. The first-order chi connectivity index (χ1) is 9.31. The molecule has 3 rings (SSSR count). The van der Waals surface area contributed by atoms with Gasteiger partial charge in [0.15, 0.2) is 0 Å². The molecule has 0 amide bonds. The Morgan fingerprint density at radius 1 is 1.26 bits per heavy atom. The summed E-state index contributed by atoms with van der Waals surface area (Å²) in [5, 5.41) is 0. The van der Waals surface area contributed by atoms with E-state index in [1.54, 1.807) is 23.3 Å². The molecular weight excluding hydrogens is 244 g/mol. The topological polar surface area (TPSA) is 91.7 Å². The van der Waals surface area contributed by atoms with Crippen LogP contribution in [0, 0.1) is 5.92 Å². The first kappa shape index (κ1) is 11.9. The quantitative estimate of drug-likeness (QED) is 0.888. The Bertz CT molecular complexity index is 535. The van der Waals surface area contributed by atoms with E-state index in [0.717, 1.165) is 0 Å². The standard InChI is InChI=1S/C12H16N6O/c13-10-15-11(18-6-5-14-8-18)17-12(16-10)19-7-9-3-1-2-4-9/h5-6,8-9H,1-4,7H2,(H2,13,15,16,17). The van der Waals surface area contributed by atoms with Crippen LogP contribution < -0.4 is 10.5 Å². The lowest BCUT2D eigenvalue weighted by molar-refractivity contribution is 0.233. The molecule has 0 spiro atoms. The van der Waals surface area contributed by atoms with Crippen LogP contribution in [0.15, 0.2) is 18.7 Å². The van der Waals surface area contributed by atoms with E-state index >= 15 is 0 Å². The Hall–Kier alpha value is -2.18. The summed E-state index contributed by atoms with van der Waals surface area (Å²) in [5.41, 5.74) is 5.67. The minimum absolute atomic E-state index is 0.153. The molecule has 2 aromatic heterocycles. The molecule has 0 atom stereocenters. The van der Waals surface area contributed by atoms with E-state index in [1.165, 1.54) is 25.7 Å². The van der Waals surface area contributed by atoms with Crippen LogP contribution in [0.1, 0.15) is 25.7 Å². The highest BCUT2D eigenvalue weighted by molar-refractivity contribution is 5.24. The molecule has 0 aromatic carbocycles. The van der Waals surface area contributed by atoms with Gasteiger partial charge in [0.1, 0.15) is 6.33 Å². The Labute approximate surface area is 110 Å². The minimum atomic E-state index is 0.153. The zero-order chi connectivity index (χ0) is 13.1. The molecule has 1 aliphatic rings. The minimum Gasteiger partial charge on any atom is -0.463 e. The average Bonchev–Trinajstić information content (AvgIpc) is 3.09. The number of rotatable bonds is 4. The van der Waals surface area contributed by atoms with Crippen LogP contribution in [0.3, 0.4) is 0 Å². The lowest BCUT2D eigenvalue weighted by Crippen LogP contribution is -2.13. The van der Waals surface area contributed by atoms with Crippen LogP contribution in [-0.4, -0.2) is 31.1 Å². The predicted octanol–water partition coefficient (Wildman–Crippen LogP) is 1.21. The lowest BCUT2D eigenvalue weighted by Gasteiger charge is -2.10. The number of imidazole rings is 1. The summed E-state index contributed by atoms with van der Waals surface area (Å²) in [6.07, 6.45) is 10.0. The summed E-state index contributed by atoms with van der Waals surface area (Å²) in [7, 11) is 0. The summed E-state index contributed by atoms with van der Waals surface area (Å²) < 4.78 is 7.30. The fourth-order valence-corrected chi connectivity index (χ4v) is 2.29. The first-order valence-electron chi connectivity index (χ1n) is 6.44. The highest BCUT2D eigenvalue weighted by Crippen LogP contribution is 2.25. The normalized spacial score (nSPS) is 15.8. The van der Waals surface area contributed by atoms with Gasteiger partial charge in [0, 0.05) is 12.4 Å². The summed E-state index contributed by atoms with van der Waals surface area (Å²) in [4.78, 5) is 16.2. The number of hydrogen-bond donors (Lipinski definition) is 1. The molecule has 7 nitrogen and oxygen atoms in total. The van der Waals surface area contributed by atoms with Crippen molar-refractivity contribution in [2.45, 2.75) is 25.7 Å². The van der Waals surface area contributed by atoms with E-state index in [0.29, 0.717) is 18.5 Å². The van der Waals surface area contributed by atoms with E-state index in [9.17, 15) is 0 Å². The SMILES string of the molecule is Nc1nc(OCC2CCCC2)nc(-n2ccnc2)n1. The molecule has 0 unspecified atom stereocenters. The molecule has 7 heteroatoms. The number of anilines is 1. The Kier molecular flexibility index (Phi) is 3.26. The second kappa shape index (κ2) is 5.21. The van der Waals surface area contributed by atoms with E-state index in [-0.39, 0.29) is 12.0 Å². The lowest BCUT2D eigenvalue weighted by atomic mass is 10.1. The van der Waals surface area contributed by atoms with Gasteiger partial charge in [-0.05, 0) is 18.8 Å². The molecule has 19 heavy (non-hydrogen) atoms. The Morgan fingerprint density at radius 2 is 2.11 bits per heavy atom. The van der Waals surface area contributed by atoms with Crippen LogP contribution in [0.2, 0.25) is 0 Å². The number of nitrogen functional groups attached to an aromatic ring is 1. The second-order valence-corrected chi connectivity index (χ2v) is 4.71. The maximum absolute atomic E-state index is 5.67. The van der Waals surface area contributed by atoms with Crippen molar-refractivity contribution in [3.63, 3.8) is 0 Å². The Morgan fingerprint density at radius 3 is 2.84 bits per heavy atom. The summed E-state index contributed by atoms with van der Waals surface area (Å²) in [6.45, 7) is 0.646. The van der Waals surface area contributed by atoms with Crippen LogP contribution in [0.25, 0.3) is 5.95 Å². The monoisotopic (exact) mass is 260 g/mol. The van der Waals surface area contributed by atoms with Gasteiger partial charge in [0.05, 0.1) is 6.61 Å². The van der Waals surface area contributed by atoms with Crippen molar-refractivity contribution >= 4 is 5.95 Å². The summed E-state index contributed by atoms with van der Waals surface area (Å²) in [5.74, 6) is 1.18. The fraction of sp³-hybridized carbons (Fsp3) is 0.500. The molecule has 2 heterocycles. The highest BCUT2D eigenvalue weighted by Gasteiger charge is 2.16. The number of nitrogens with two attached hydrogens (primary N) is 1. The third kappa shape index (κ3) is 2.81. The van der Waals surface area contributed by atoms with Gasteiger partial charge < -0.3 is 10.5 Å². The van der Waals surface area contributed by atoms with Crippen LogP contribution >= 0.6 is 0 Å². The van der Waals surface area contributed by atoms with E-state index < -0.39 is 0 Å². The largest absolute Gasteiger partial charge is 0.463 e. The van der Waals surface area contributed by atoms with Gasteiger partial charge in [0.25, 0.3) is 0 Å². The summed E-state index contributed by atoms with van der Waals surface area (Å²) in [6, 6.07) is 0.281. The molecule has 2 aromatic rings. The third-order valence-corrected chi connectivity index (χ3v) is 3.28. The van der Waals surface area contributed by atoms with Gasteiger partial charge in [-0.2, -0.15) is 15.0 Å². The van der Waals surface area contributed by atoms with Crippen molar-refractivity contribution < 1.29 is 4.74 Å². The maximum atomic E-state index is 5.67. The molecule has 1 saturated carbocycles. The van der Waals surface area contributed by atoms with Crippen LogP contribution in [0.4, 0.5) is 5.95 Å². The second-order valence-electron chi connectivity index (χ2n) is 4.71. The van der Waals surface area contributed by atoms with E-state index in [4.69, 9.17) is 10.5 Å². The number of aromatic nitrogens is 5. The highest BCUT2D eigenvalue weighted by atomic mass is 16.5. The average molecular weight is 260 g/mol. The van der Waals surface area contributed by atoms with E-state index in [1.807, 2.05) is 0 Å². The van der Waals surface area contributed by atoms with Gasteiger partial charge >= 0.3 is 6.01 Å². The van der Waals surface area contributed by atoms with Crippen LogP contribution in [0.5, 0.6) is 6.01 Å². The molecule has 1 aliphatic carbocycles. The zero-order valence-electron chi connectivity index (χ0n) is 10.6. The van der Waals surface area contributed by atoms with Crippen molar-refractivity contribution in [2.75, 3.05) is 12.3 Å². The molecule has 1 fully saturated rings. The van der Waals surface area contributed by atoms with Crippen molar-refractivity contribution in [1.82, 2.24) is 24.5 Å². The van der Waals surface area contributed by atoms with E-state index in [2.05, 4.69) is 19.9 Å². The number of hydrogen-bond acceptors (Lipinski definition) is 6. The number of nitrogens with zero attached hydrogens (tertiary/aromatic N) is 5. The molecule has 0 radical (unpaired) electrons. The summed E-state index contributed by atoms with van der Waals surface area (Å²) >= 11 is 0.